The van der Waals surface area contributed by atoms with Crippen molar-refractivity contribution in [1.82, 2.24) is 5.43 Å². The maximum atomic E-state index is 12.3. The van der Waals surface area contributed by atoms with Crippen molar-refractivity contribution in [2.45, 2.75) is 0 Å². The Bertz CT molecular complexity index is 1170. The van der Waals surface area contributed by atoms with E-state index in [0.29, 0.717) is 34.1 Å². The van der Waals surface area contributed by atoms with E-state index in [0.717, 1.165) is 0 Å². The minimum Gasteiger partial charge on any atom is -0.496 e. The third-order valence-corrected chi connectivity index (χ3v) is 4.36. The fraction of sp³-hybridized carbons (Fsp3) is 0.0833. The highest BCUT2D eigenvalue weighted by Crippen LogP contribution is 2.23. The number of amides is 2. The Morgan fingerprint density at radius 3 is 2.12 bits per heavy atom. The Balaban J connectivity index is 1.54. The van der Waals surface area contributed by atoms with Crippen LogP contribution in [-0.2, 0) is 9.59 Å². The summed E-state index contributed by atoms with van der Waals surface area (Å²) in [7, 11) is 2.93. The van der Waals surface area contributed by atoms with Gasteiger partial charge in [0.25, 0.3) is 0 Å². The highest BCUT2D eigenvalue weighted by molar-refractivity contribution is 6.39. The van der Waals surface area contributed by atoms with E-state index < -0.39 is 17.8 Å². The van der Waals surface area contributed by atoms with Gasteiger partial charge in [-0.15, -0.1) is 0 Å². The third-order valence-electron chi connectivity index (χ3n) is 4.36. The van der Waals surface area contributed by atoms with Crippen LogP contribution in [0.4, 0.5) is 5.69 Å². The monoisotopic (exact) mass is 447 g/mol. The number of ether oxygens (including phenoxy) is 3. The molecule has 9 nitrogen and oxygen atoms in total. The summed E-state index contributed by atoms with van der Waals surface area (Å²) in [5, 5.41) is 6.22. The number of hydrogen-bond donors (Lipinski definition) is 2. The molecule has 2 amide bonds. The van der Waals surface area contributed by atoms with Crippen molar-refractivity contribution in [3.8, 4) is 17.2 Å². The molecular formula is C24H21N3O6. The number of hydrazone groups is 1. The number of anilines is 1. The zero-order chi connectivity index (χ0) is 23.6. The normalized spacial score (nSPS) is 10.4. The molecule has 168 valence electrons. The predicted molar refractivity (Wildman–Crippen MR) is 122 cm³/mol. The van der Waals surface area contributed by atoms with Crippen molar-refractivity contribution in [2.24, 2.45) is 5.10 Å². The van der Waals surface area contributed by atoms with E-state index in [-0.39, 0.29) is 0 Å². The Morgan fingerprint density at radius 2 is 1.42 bits per heavy atom. The van der Waals surface area contributed by atoms with Gasteiger partial charge in [-0.3, -0.25) is 9.59 Å². The quantitative estimate of drug-likeness (QED) is 0.189. The number of rotatable bonds is 7. The molecule has 0 saturated carbocycles. The first-order chi connectivity index (χ1) is 16.0. The van der Waals surface area contributed by atoms with Crippen molar-refractivity contribution in [3.63, 3.8) is 0 Å². The van der Waals surface area contributed by atoms with Crippen LogP contribution >= 0.6 is 0 Å². The number of para-hydroxylation sites is 3. The fourth-order valence-electron chi connectivity index (χ4n) is 2.74. The number of esters is 1. The molecule has 0 aliphatic carbocycles. The van der Waals surface area contributed by atoms with Crippen molar-refractivity contribution in [2.75, 3.05) is 19.5 Å². The first-order valence-electron chi connectivity index (χ1n) is 9.74. The third kappa shape index (κ3) is 6.17. The first-order valence-corrected chi connectivity index (χ1v) is 9.74. The van der Waals surface area contributed by atoms with Crippen molar-refractivity contribution in [1.29, 1.82) is 0 Å². The molecule has 0 aromatic heterocycles. The zero-order valence-electron chi connectivity index (χ0n) is 17.9. The van der Waals surface area contributed by atoms with E-state index in [2.05, 4.69) is 15.8 Å². The summed E-state index contributed by atoms with van der Waals surface area (Å²) in [6, 6.07) is 19.9. The summed E-state index contributed by atoms with van der Waals surface area (Å²) in [5.41, 5.74) is 3.43. The second kappa shape index (κ2) is 11.1. The van der Waals surface area contributed by atoms with Gasteiger partial charge in [-0.05, 0) is 54.1 Å². The number of benzene rings is 3. The smallest absolute Gasteiger partial charge is 0.347 e. The number of nitrogens with one attached hydrogen (secondary N) is 2. The maximum Gasteiger partial charge on any atom is 0.347 e. The number of carbonyl (C=O) groups excluding carboxylic acids is 3. The summed E-state index contributed by atoms with van der Waals surface area (Å²) in [4.78, 5) is 36.3. The van der Waals surface area contributed by atoms with Crippen LogP contribution in [0.5, 0.6) is 17.2 Å². The lowest BCUT2D eigenvalue weighted by molar-refractivity contribution is -0.136. The minimum absolute atomic E-state index is 0.305. The maximum absolute atomic E-state index is 12.3. The number of nitrogens with zero attached hydrogens (tertiary/aromatic N) is 1. The Labute approximate surface area is 190 Å². The molecule has 0 aliphatic heterocycles. The van der Waals surface area contributed by atoms with Crippen LogP contribution in [0.15, 0.2) is 77.9 Å². The summed E-state index contributed by atoms with van der Waals surface area (Å²) in [5.74, 6) is -1.23. The Morgan fingerprint density at radius 1 is 0.788 bits per heavy atom. The van der Waals surface area contributed by atoms with E-state index in [1.165, 1.54) is 20.4 Å². The van der Waals surface area contributed by atoms with Crippen molar-refractivity contribution >= 4 is 29.7 Å². The molecule has 0 fully saturated rings. The Kier molecular flexibility index (Phi) is 7.74. The molecular weight excluding hydrogens is 426 g/mol. The minimum atomic E-state index is -0.945. The Hall–Kier alpha value is -4.66. The van der Waals surface area contributed by atoms with E-state index >= 15 is 0 Å². The largest absolute Gasteiger partial charge is 0.496 e. The summed E-state index contributed by atoms with van der Waals surface area (Å²) in [6.45, 7) is 0. The van der Waals surface area contributed by atoms with E-state index in [1.54, 1.807) is 72.8 Å². The predicted octanol–water partition coefficient (Wildman–Crippen LogP) is 3.01. The van der Waals surface area contributed by atoms with Crippen LogP contribution in [-0.4, -0.2) is 38.2 Å². The van der Waals surface area contributed by atoms with Gasteiger partial charge in [0.2, 0.25) is 0 Å². The van der Waals surface area contributed by atoms with Crippen LogP contribution < -0.4 is 25.0 Å². The number of hydrogen-bond acceptors (Lipinski definition) is 7. The average Bonchev–Trinajstić information content (AvgIpc) is 2.85. The lowest BCUT2D eigenvalue weighted by Crippen LogP contribution is -2.32. The molecule has 0 radical (unpaired) electrons. The molecule has 2 N–H and O–H groups in total. The fourth-order valence-corrected chi connectivity index (χ4v) is 2.74. The van der Waals surface area contributed by atoms with Gasteiger partial charge in [-0.1, -0.05) is 24.3 Å². The first kappa shape index (κ1) is 23.0. The highest BCUT2D eigenvalue weighted by Gasteiger charge is 2.15. The second-order valence-corrected chi connectivity index (χ2v) is 6.51. The standard InChI is InChI=1S/C24H21N3O6/c1-31-20-9-5-3-7-18(20)24(30)33-17-13-11-16(12-14-17)15-25-27-23(29)22(28)26-19-8-4-6-10-21(19)32-2/h3-15H,1-2H3,(H,26,28)(H,27,29)/b25-15+. The van der Waals surface area contributed by atoms with Crippen LogP contribution in [0.2, 0.25) is 0 Å². The molecule has 0 unspecified atom stereocenters. The lowest BCUT2D eigenvalue weighted by atomic mass is 10.2. The summed E-state index contributed by atoms with van der Waals surface area (Å²) >= 11 is 0. The van der Waals surface area contributed by atoms with Gasteiger partial charge in [0, 0.05) is 0 Å². The molecule has 3 aromatic carbocycles. The van der Waals surface area contributed by atoms with Gasteiger partial charge in [0.15, 0.2) is 0 Å². The summed E-state index contributed by atoms with van der Waals surface area (Å²) in [6.07, 6.45) is 1.35. The van der Waals surface area contributed by atoms with Crippen molar-refractivity contribution in [3.05, 3.63) is 83.9 Å². The molecule has 0 aliphatic rings. The van der Waals surface area contributed by atoms with E-state index in [9.17, 15) is 14.4 Å². The van der Waals surface area contributed by atoms with Crippen LogP contribution in [0.3, 0.4) is 0 Å². The SMILES string of the molecule is COc1ccccc1NC(=O)C(=O)N/N=C/c1ccc(OC(=O)c2ccccc2OC)cc1. The number of methoxy groups -OCH3 is 2. The van der Waals surface area contributed by atoms with Gasteiger partial charge in [0.05, 0.1) is 26.1 Å². The summed E-state index contributed by atoms with van der Waals surface area (Å²) < 4.78 is 15.6. The van der Waals surface area contributed by atoms with Gasteiger partial charge in [-0.2, -0.15) is 5.10 Å². The van der Waals surface area contributed by atoms with Crippen molar-refractivity contribution < 1.29 is 28.6 Å². The molecule has 3 rings (SSSR count). The topological polar surface area (TPSA) is 115 Å². The lowest BCUT2D eigenvalue weighted by Gasteiger charge is -2.08. The average molecular weight is 447 g/mol. The second-order valence-electron chi connectivity index (χ2n) is 6.51. The number of carbonyl (C=O) groups is 3. The molecule has 9 heteroatoms. The molecule has 0 saturated heterocycles. The molecule has 0 bridgehead atoms. The highest BCUT2D eigenvalue weighted by atomic mass is 16.5. The van der Waals surface area contributed by atoms with E-state index in [4.69, 9.17) is 14.2 Å². The van der Waals surface area contributed by atoms with Crippen LogP contribution in [0.25, 0.3) is 0 Å². The van der Waals surface area contributed by atoms with Gasteiger partial charge >= 0.3 is 17.8 Å². The van der Waals surface area contributed by atoms with Crippen LogP contribution in [0, 0.1) is 0 Å². The molecule has 0 heterocycles. The van der Waals surface area contributed by atoms with Gasteiger partial charge in [0.1, 0.15) is 22.8 Å². The molecule has 0 atom stereocenters. The molecule has 33 heavy (non-hydrogen) atoms. The van der Waals surface area contributed by atoms with Crippen LogP contribution in [0.1, 0.15) is 15.9 Å². The van der Waals surface area contributed by atoms with Gasteiger partial charge in [-0.25, -0.2) is 10.2 Å². The van der Waals surface area contributed by atoms with Gasteiger partial charge < -0.3 is 19.5 Å². The zero-order valence-corrected chi connectivity index (χ0v) is 17.9. The van der Waals surface area contributed by atoms with E-state index in [1.807, 2.05) is 0 Å². The molecule has 3 aromatic rings. The molecule has 0 spiro atoms.